The number of nitrogens with one attached hydrogen (secondary N) is 3. The molecule has 1 aliphatic carbocycles. The predicted molar refractivity (Wildman–Crippen MR) is 133 cm³/mol. The van der Waals surface area contributed by atoms with Crippen LogP contribution in [-0.2, 0) is 36.4 Å². The summed E-state index contributed by atoms with van der Waals surface area (Å²) in [6.45, 7) is 6.97. The molecule has 7 nitrogen and oxygen atoms in total. The molecule has 1 fully saturated rings. The van der Waals surface area contributed by atoms with Gasteiger partial charge in [0.25, 0.3) is 5.56 Å². The summed E-state index contributed by atoms with van der Waals surface area (Å²) in [7, 11) is 0. The van der Waals surface area contributed by atoms with E-state index in [4.69, 9.17) is 0 Å². The molecule has 3 aromatic rings. The molecule has 2 aliphatic heterocycles. The van der Waals surface area contributed by atoms with E-state index in [1.165, 1.54) is 21.6 Å². The van der Waals surface area contributed by atoms with Gasteiger partial charge in [-0.05, 0) is 50.3 Å². The lowest BCUT2D eigenvalue weighted by Crippen LogP contribution is -2.36. The number of aryl methyl sites for hydroxylation is 2. The summed E-state index contributed by atoms with van der Waals surface area (Å²) in [5, 5.41) is 9.67. The van der Waals surface area contributed by atoms with E-state index < -0.39 is 6.04 Å². The highest BCUT2D eigenvalue weighted by Gasteiger charge is 2.55. The Morgan fingerprint density at radius 2 is 1.97 bits per heavy atom. The van der Waals surface area contributed by atoms with Gasteiger partial charge in [-0.1, -0.05) is 29.3 Å². The highest BCUT2D eigenvalue weighted by Crippen LogP contribution is 2.57. The number of hydrogen-bond donors (Lipinski definition) is 3. The van der Waals surface area contributed by atoms with E-state index in [1.54, 1.807) is 15.9 Å². The van der Waals surface area contributed by atoms with Crippen LogP contribution >= 0.6 is 11.3 Å². The fourth-order valence-corrected chi connectivity index (χ4v) is 6.65. The standard InChI is InChI=1S/C26H29N5O2S/c1-15-5-16(2)7-17(6-15)10-28-23-25(33)31-20(9-26(3-4-26)22(31)14-29-23)24(32)30-12-19-8-18-11-27-13-21(18)34-19/h5-8,14,20,27H,3-4,9-13H2,1-2H3,(H,28,29)(H,30,32)/t20-/m0/s1. The average Bonchev–Trinajstić information content (AvgIpc) is 3.10. The van der Waals surface area contributed by atoms with Gasteiger partial charge in [-0.25, -0.2) is 4.98 Å². The summed E-state index contributed by atoms with van der Waals surface area (Å²) in [4.78, 5) is 33.7. The molecule has 1 spiro atoms. The van der Waals surface area contributed by atoms with Crippen LogP contribution in [0.25, 0.3) is 0 Å². The van der Waals surface area contributed by atoms with E-state index in [0.717, 1.165) is 42.1 Å². The molecule has 0 saturated heterocycles. The third-order valence-corrected chi connectivity index (χ3v) is 8.50. The van der Waals surface area contributed by atoms with Crippen LogP contribution in [0.4, 0.5) is 5.82 Å². The van der Waals surface area contributed by atoms with E-state index >= 15 is 0 Å². The number of hydrogen-bond acceptors (Lipinski definition) is 6. The van der Waals surface area contributed by atoms with Crippen LogP contribution in [0.2, 0.25) is 0 Å². The maximum Gasteiger partial charge on any atom is 0.294 e. The maximum atomic E-state index is 13.5. The topological polar surface area (TPSA) is 88.0 Å². The zero-order valence-corrected chi connectivity index (χ0v) is 20.3. The minimum atomic E-state index is -0.483. The second-order valence-corrected chi connectivity index (χ2v) is 11.2. The van der Waals surface area contributed by atoms with Crippen LogP contribution in [0.3, 0.4) is 0 Å². The molecule has 0 bridgehead atoms. The van der Waals surface area contributed by atoms with Crippen molar-refractivity contribution < 1.29 is 4.79 Å². The van der Waals surface area contributed by atoms with Gasteiger partial charge < -0.3 is 16.0 Å². The third kappa shape index (κ3) is 3.75. The number of nitrogens with zero attached hydrogens (tertiary/aromatic N) is 2. The molecule has 1 saturated carbocycles. The number of carbonyl (C=O) groups is 1. The zero-order chi connectivity index (χ0) is 23.4. The first-order valence-corrected chi connectivity index (χ1v) is 12.8. The Morgan fingerprint density at radius 1 is 1.18 bits per heavy atom. The van der Waals surface area contributed by atoms with Gasteiger partial charge in [0.1, 0.15) is 6.04 Å². The number of rotatable bonds is 6. The van der Waals surface area contributed by atoms with Crippen molar-refractivity contribution in [2.75, 3.05) is 5.32 Å². The molecule has 3 N–H and O–H groups in total. The Hall–Kier alpha value is -2.97. The summed E-state index contributed by atoms with van der Waals surface area (Å²) in [6, 6.07) is 8.04. The van der Waals surface area contributed by atoms with Crippen LogP contribution in [0.5, 0.6) is 0 Å². The number of amides is 1. The van der Waals surface area contributed by atoms with Crippen molar-refractivity contribution in [1.29, 1.82) is 0 Å². The van der Waals surface area contributed by atoms with Gasteiger partial charge in [0, 0.05) is 46.7 Å². The summed E-state index contributed by atoms with van der Waals surface area (Å²) < 4.78 is 1.71. The van der Waals surface area contributed by atoms with Gasteiger partial charge in [0.05, 0.1) is 6.54 Å². The first-order valence-electron chi connectivity index (χ1n) is 11.9. The van der Waals surface area contributed by atoms with Gasteiger partial charge in [0.2, 0.25) is 5.91 Å². The van der Waals surface area contributed by atoms with Crippen molar-refractivity contribution in [3.8, 4) is 0 Å². The van der Waals surface area contributed by atoms with Crippen LogP contribution in [0.1, 0.15) is 63.0 Å². The van der Waals surface area contributed by atoms with Crippen LogP contribution in [0, 0.1) is 13.8 Å². The molecule has 2 aromatic heterocycles. The van der Waals surface area contributed by atoms with Crippen molar-refractivity contribution in [3.05, 3.63) is 78.5 Å². The number of anilines is 1. The van der Waals surface area contributed by atoms with Crippen LogP contribution < -0.4 is 21.5 Å². The van der Waals surface area contributed by atoms with E-state index in [0.29, 0.717) is 25.3 Å². The monoisotopic (exact) mass is 475 g/mol. The fraction of sp³-hybridized carbons (Fsp3) is 0.423. The lowest BCUT2D eigenvalue weighted by Gasteiger charge is -2.16. The predicted octanol–water partition coefficient (Wildman–Crippen LogP) is 3.43. The first kappa shape index (κ1) is 21.6. The van der Waals surface area contributed by atoms with Crippen molar-refractivity contribution in [2.45, 2.75) is 70.7 Å². The van der Waals surface area contributed by atoms with E-state index in [9.17, 15) is 9.59 Å². The molecule has 6 rings (SSSR count). The van der Waals surface area contributed by atoms with Crippen molar-refractivity contribution >= 4 is 23.1 Å². The van der Waals surface area contributed by atoms with Crippen molar-refractivity contribution in [1.82, 2.24) is 20.2 Å². The Morgan fingerprint density at radius 3 is 2.71 bits per heavy atom. The lowest BCUT2D eigenvalue weighted by atomic mass is 9.99. The SMILES string of the molecule is Cc1cc(C)cc(CNc2ncc3n(c2=O)[C@H](C(=O)NCc2cc4c(s2)CNC4)CC32CC2)c1. The largest absolute Gasteiger partial charge is 0.361 e. The van der Waals surface area contributed by atoms with Gasteiger partial charge in [-0.2, -0.15) is 0 Å². The molecular formula is C26H29N5O2S. The van der Waals surface area contributed by atoms with E-state index in [1.807, 2.05) is 6.20 Å². The molecule has 4 heterocycles. The Balaban J connectivity index is 1.22. The molecule has 1 atom stereocenters. The fourth-order valence-electron chi connectivity index (χ4n) is 5.55. The van der Waals surface area contributed by atoms with Gasteiger partial charge in [-0.3, -0.25) is 14.2 Å². The minimum absolute atomic E-state index is 0.0594. The first-order chi connectivity index (χ1) is 16.4. The third-order valence-electron chi connectivity index (χ3n) is 7.32. The Kier molecular flexibility index (Phi) is 5.11. The summed E-state index contributed by atoms with van der Waals surface area (Å²) in [5.41, 5.74) is 5.47. The van der Waals surface area contributed by atoms with Gasteiger partial charge in [0.15, 0.2) is 5.82 Å². The van der Waals surface area contributed by atoms with Crippen LogP contribution in [0.15, 0.2) is 35.3 Å². The number of aromatic nitrogens is 2. The molecule has 0 unspecified atom stereocenters. The molecule has 34 heavy (non-hydrogen) atoms. The molecule has 1 amide bonds. The highest BCUT2D eigenvalue weighted by atomic mass is 32.1. The molecule has 3 aliphatic rings. The molecule has 176 valence electrons. The molecular weight excluding hydrogens is 446 g/mol. The zero-order valence-electron chi connectivity index (χ0n) is 19.5. The van der Waals surface area contributed by atoms with Crippen molar-refractivity contribution in [2.24, 2.45) is 0 Å². The second kappa shape index (κ2) is 8.06. The van der Waals surface area contributed by atoms with Crippen LogP contribution in [-0.4, -0.2) is 15.5 Å². The maximum absolute atomic E-state index is 13.5. The van der Waals surface area contributed by atoms with E-state index in [-0.39, 0.29) is 16.9 Å². The number of thiophene rings is 1. The normalized spacial score (nSPS) is 19.2. The van der Waals surface area contributed by atoms with E-state index in [2.05, 4.69) is 59.0 Å². The number of carbonyl (C=O) groups excluding carboxylic acids is 1. The Labute approximate surface area is 202 Å². The molecule has 0 radical (unpaired) electrons. The molecule has 1 aromatic carbocycles. The van der Waals surface area contributed by atoms with Gasteiger partial charge >= 0.3 is 0 Å². The van der Waals surface area contributed by atoms with Gasteiger partial charge in [-0.15, -0.1) is 11.3 Å². The summed E-state index contributed by atoms with van der Waals surface area (Å²) in [6.07, 6.45) is 4.51. The molecule has 8 heteroatoms. The second-order valence-electron chi connectivity index (χ2n) is 10.00. The average molecular weight is 476 g/mol. The smallest absolute Gasteiger partial charge is 0.294 e. The number of benzene rings is 1. The number of fused-ring (bicyclic) bond motifs is 3. The lowest BCUT2D eigenvalue weighted by molar-refractivity contribution is -0.124. The van der Waals surface area contributed by atoms with Crippen molar-refractivity contribution in [3.63, 3.8) is 0 Å². The minimum Gasteiger partial charge on any atom is -0.361 e. The summed E-state index contributed by atoms with van der Waals surface area (Å²) >= 11 is 1.75. The Bertz CT molecular complexity index is 1310. The summed E-state index contributed by atoms with van der Waals surface area (Å²) in [5.74, 6) is 0.228. The quantitative estimate of drug-likeness (QED) is 0.508. The highest BCUT2D eigenvalue weighted by molar-refractivity contribution is 7.12.